The van der Waals surface area contributed by atoms with Gasteiger partial charge in [-0.05, 0) is 46.0 Å². The molecule has 0 amide bonds. The van der Waals surface area contributed by atoms with Gasteiger partial charge >= 0.3 is 8.56 Å². The summed E-state index contributed by atoms with van der Waals surface area (Å²) in [5.41, 5.74) is 0. The van der Waals surface area contributed by atoms with Crippen molar-refractivity contribution >= 4 is 16.9 Å². The van der Waals surface area contributed by atoms with Crippen LogP contribution < -0.4 is 0 Å². The van der Waals surface area contributed by atoms with Gasteiger partial charge in [0.05, 0.1) is 0 Å². The van der Waals surface area contributed by atoms with E-state index >= 15 is 0 Å². The van der Waals surface area contributed by atoms with E-state index in [0.717, 1.165) is 6.42 Å². The maximum Gasteiger partial charge on any atom is 0.330 e. The van der Waals surface area contributed by atoms with E-state index < -0.39 is 16.9 Å². The first-order valence-electron chi connectivity index (χ1n) is 7.35. The molecule has 0 saturated carbocycles. The summed E-state index contributed by atoms with van der Waals surface area (Å²) in [4.78, 5) is 0. The van der Waals surface area contributed by atoms with Crippen LogP contribution in [0, 0.1) is 0 Å². The Morgan fingerprint density at radius 1 is 1.06 bits per heavy atom. The summed E-state index contributed by atoms with van der Waals surface area (Å²) in [5.74, 6) is 0. The lowest BCUT2D eigenvalue weighted by Crippen LogP contribution is -2.55. The lowest BCUT2D eigenvalue weighted by Gasteiger charge is -2.45. The van der Waals surface area contributed by atoms with Crippen molar-refractivity contribution in [2.45, 2.75) is 91.2 Å². The summed E-state index contributed by atoms with van der Waals surface area (Å²) in [5, 5.41) is 0.172. The Balaban J connectivity index is 5.13. The third kappa shape index (κ3) is 5.55. The van der Waals surface area contributed by atoms with Crippen LogP contribution in [0.1, 0.15) is 53.9 Å². The number of hydrogen-bond donors (Lipinski definition) is 0. The van der Waals surface area contributed by atoms with Crippen molar-refractivity contribution in [1.82, 2.24) is 0 Å². The molecule has 0 radical (unpaired) electrons. The predicted octanol–water partition coefficient (Wildman–Crippen LogP) is 5.31. The Bertz CT molecular complexity index is 249. The van der Waals surface area contributed by atoms with Gasteiger partial charge in [-0.15, -0.1) is 0 Å². The molecule has 18 heavy (non-hydrogen) atoms. The normalized spacial score (nSPS) is 18.5. The van der Waals surface area contributed by atoms with Crippen molar-refractivity contribution in [1.29, 1.82) is 0 Å². The van der Waals surface area contributed by atoms with E-state index in [9.17, 15) is 0 Å². The summed E-state index contributed by atoms with van der Waals surface area (Å²) in [6, 6.07) is 0. The topological polar surface area (TPSA) is 18.5 Å². The van der Waals surface area contributed by atoms with Crippen molar-refractivity contribution < 1.29 is 8.54 Å². The van der Waals surface area contributed by atoms with Crippen LogP contribution in [0.2, 0.25) is 31.2 Å². The SMILES string of the molecule is CCCC(C)(C)[Si](C)(OC(C)CC)O[Si](C)(C)C. The van der Waals surface area contributed by atoms with Gasteiger partial charge < -0.3 is 8.54 Å². The van der Waals surface area contributed by atoms with E-state index in [4.69, 9.17) is 8.54 Å². The van der Waals surface area contributed by atoms with Gasteiger partial charge in [-0.3, -0.25) is 0 Å². The van der Waals surface area contributed by atoms with Crippen molar-refractivity contribution in [3.05, 3.63) is 0 Å². The van der Waals surface area contributed by atoms with Crippen LogP contribution in [0.3, 0.4) is 0 Å². The molecule has 0 aliphatic heterocycles. The highest BCUT2D eigenvalue weighted by atomic mass is 28.4. The zero-order valence-corrected chi connectivity index (χ0v) is 16.0. The summed E-state index contributed by atoms with van der Waals surface area (Å²) < 4.78 is 13.0. The van der Waals surface area contributed by atoms with E-state index in [2.05, 4.69) is 60.8 Å². The minimum atomic E-state index is -2.16. The minimum absolute atomic E-state index is 0.172. The predicted molar refractivity (Wildman–Crippen MR) is 85.8 cm³/mol. The molecule has 0 rings (SSSR count). The molecule has 0 spiro atoms. The van der Waals surface area contributed by atoms with E-state index in [1.54, 1.807) is 0 Å². The summed E-state index contributed by atoms with van der Waals surface area (Å²) in [7, 11) is -3.73. The third-order valence-corrected chi connectivity index (χ3v) is 11.2. The maximum atomic E-state index is 6.57. The summed E-state index contributed by atoms with van der Waals surface area (Å²) in [6.45, 7) is 20.3. The van der Waals surface area contributed by atoms with E-state index in [1.165, 1.54) is 12.8 Å². The zero-order valence-electron chi connectivity index (χ0n) is 14.0. The molecule has 0 heterocycles. The maximum absolute atomic E-state index is 6.57. The van der Waals surface area contributed by atoms with E-state index in [0.29, 0.717) is 6.10 Å². The van der Waals surface area contributed by atoms with Crippen molar-refractivity contribution in [2.75, 3.05) is 0 Å². The van der Waals surface area contributed by atoms with Crippen LogP contribution in [0.4, 0.5) is 0 Å². The molecular weight excluding hydrogens is 256 g/mol. The molecule has 0 N–H and O–H groups in total. The van der Waals surface area contributed by atoms with Crippen LogP contribution in [-0.2, 0) is 8.54 Å². The van der Waals surface area contributed by atoms with Gasteiger partial charge in [0.15, 0.2) is 8.32 Å². The first-order valence-corrected chi connectivity index (χ1v) is 13.1. The molecule has 4 heteroatoms. The average molecular weight is 291 g/mol. The summed E-state index contributed by atoms with van der Waals surface area (Å²) in [6.07, 6.45) is 3.72. The first kappa shape index (κ1) is 18.4. The highest BCUT2D eigenvalue weighted by molar-refractivity contribution is 6.83. The van der Waals surface area contributed by atoms with Crippen LogP contribution in [0.25, 0.3) is 0 Å². The van der Waals surface area contributed by atoms with Gasteiger partial charge in [-0.25, -0.2) is 0 Å². The van der Waals surface area contributed by atoms with Crippen molar-refractivity contribution in [3.63, 3.8) is 0 Å². The Morgan fingerprint density at radius 2 is 1.56 bits per heavy atom. The molecule has 0 bridgehead atoms. The van der Waals surface area contributed by atoms with Gasteiger partial charge in [0.25, 0.3) is 0 Å². The Labute approximate surface area is 117 Å². The van der Waals surface area contributed by atoms with Crippen LogP contribution in [0.15, 0.2) is 0 Å². The van der Waals surface area contributed by atoms with Crippen molar-refractivity contribution in [2.24, 2.45) is 0 Å². The average Bonchev–Trinajstić information content (AvgIpc) is 2.14. The third-order valence-electron chi connectivity index (χ3n) is 3.61. The molecule has 110 valence electrons. The van der Waals surface area contributed by atoms with Crippen LogP contribution in [0.5, 0.6) is 0 Å². The fourth-order valence-electron chi connectivity index (χ4n) is 2.23. The Morgan fingerprint density at radius 3 is 1.89 bits per heavy atom. The smallest absolute Gasteiger partial charge is 0.330 e. The van der Waals surface area contributed by atoms with E-state index in [1.807, 2.05) is 0 Å². The largest absolute Gasteiger partial charge is 0.436 e. The highest BCUT2D eigenvalue weighted by Gasteiger charge is 2.50. The second-order valence-electron chi connectivity index (χ2n) is 7.13. The number of hydrogen-bond acceptors (Lipinski definition) is 2. The second kappa shape index (κ2) is 6.68. The number of rotatable bonds is 8. The molecule has 2 unspecified atom stereocenters. The lowest BCUT2D eigenvalue weighted by atomic mass is 10.1. The van der Waals surface area contributed by atoms with Gasteiger partial charge in [0.2, 0.25) is 0 Å². The molecule has 0 saturated heterocycles. The van der Waals surface area contributed by atoms with E-state index in [-0.39, 0.29) is 5.04 Å². The van der Waals surface area contributed by atoms with Crippen molar-refractivity contribution in [3.8, 4) is 0 Å². The zero-order chi connectivity index (χ0) is 14.6. The van der Waals surface area contributed by atoms with Crippen LogP contribution in [-0.4, -0.2) is 23.0 Å². The highest BCUT2D eigenvalue weighted by Crippen LogP contribution is 2.44. The molecular formula is C14H34O2Si2. The Hall–Kier alpha value is 0.354. The molecule has 0 fully saturated rings. The molecule has 0 aromatic rings. The lowest BCUT2D eigenvalue weighted by molar-refractivity contribution is 0.143. The fraction of sp³-hybridized carbons (Fsp3) is 1.00. The summed E-state index contributed by atoms with van der Waals surface area (Å²) >= 11 is 0. The molecule has 0 aliphatic rings. The Kier molecular flexibility index (Phi) is 6.81. The minimum Gasteiger partial charge on any atom is -0.436 e. The monoisotopic (exact) mass is 290 g/mol. The first-order chi connectivity index (χ1) is 7.97. The van der Waals surface area contributed by atoms with Gasteiger partial charge in [-0.2, -0.15) is 0 Å². The van der Waals surface area contributed by atoms with Crippen LogP contribution >= 0.6 is 0 Å². The van der Waals surface area contributed by atoms with Gasteiger partial charge in [0, 0.05) is 11.1 Å². The molecule has 2 atom stereocenters. The van der Waals surface area contributed by atoms with Gasteiger partial charge in [0.1, 0.15) is 0 Å². The molecule has 0 aliphatic carbocycles. The quantitative estimate of drug-likeness (QED) is 0.564. The molecule has 0 aromatic carbocycles. The van der Waals surface area contributed by atoms with Gasteiger partial charge in [-0.1, -0.05) is 34.1 Å². The standard InChI is InChI=1S/C14H34O2Si2/c1-10-12-14(4,5)18(9,15-13(3)11-2)16-17(6,7)8/h13H,10-12H2,1-9H3. The molecule has 2 nitrogen and oxygen atoms in total. The second-order valence-corrected chi connectivity index (χ2v) is 15.7. The molecule has 0 aromatic heterocycles. The fourth-order valence-corrected chi connectivity index (χ4v) is 10.2.